The summed E-state index contributed by atoms with van der Waals surface area (Å²) in [4.78, 5) is 10.5. The van der Waals surface area contributed by atoms with Crippen LogP contribution in [0.2, 0.25) is 0 Å². The molecule has 0 amide bonds. The van der Waals surface area contributed by atoms with E-state index < -0.39 is 5.97 Å². The molecule has 0 saturated carbocycles. The SMILES string of the molecule is O=C(O)CCCn1nnnc1-c1ccc(I)cc1. The molecular weight excluding hydrogens is 347 g/mol. The number of carboxylic acids is 1. The van der Waals surface area contributed by atoms with E-state index in [9.17, 15) is 4.79 Å². The third-order valence-corrected chi connectivity index (χ3v) is 3.11. The largest absolute Gasteiger partial charge is 0.481 e. The quantitative estimate of drug-likeness (QED) is 0.825. The minimum atomic E-state index is -0.807. The molecule has 0 atom stereocenters. The van der Waals surface area contributed by atoms with E-state index in [0.717, 1.165) is 9.13 Å². The van der Waals surface area contributed by atoms with Crippen LogP contribution < -0.4 is 0 Å². The Balaban J connectivity index is 2.12. The molecule has 2 rings (SSSR count). The predicted octanol–water partition coefficient (Wildman–Crippen LogP) is 1.81. The van der Waals surface area contributed by atoms with Crippen LogP contribution >= 0.6 is 22.6 Å². The van der Waals surface area contributed by atoms with Gasteiger partial charge in [0.25, 0.3) is 0 Å². The highest BCUT2D eigenvalue weighted by Crippen LogP contribution is 2.17. The molecular formula is C11H11IN4O2. The molecule has 6 nitrogen and oxygen atoms in total. The zero-order valence-corrected chi connectivity index (χ0v) is 11.6. The molecule has 0 radical (unpaired) electrons. The van der Waals surface area contributed by atoms with E-state index in [-0.39, 0.29) is 6.42 Å². The van der Waals surface area contributed by atoms with Crippen LogP contribution in [0.3, 0.4) is 0 Å². The molecule has 0 bridgehead atoms. The van der Waals surface area contributed by atoms with Crippen LogP contribution in [0, 0.1) is 3.57 Å². The van der Waals surface area contributed by atoms with Crippen molar-refractivity contribution in [2.24, 2.45) is 0 Å². The maximum absolute atomic E-state index is 10.5. The highest BCUT2D eigenvalue weighted by Gasteiger charge is 2.08. The van der Waals surface area contributed by atoms with Crippen LogP contribution in [0.25, 0.3) is 11.4 Å². The van der Waals surface area contributed by atoms with E-state index in [2.05, 4.69) is 38.1 Å². The van der Waals surface area contributed by atoms with Crippen molar-refractivity contribution >= 4 is 28.6 Å². The van der Waals surface area contributed by atoms with Crippen LogP contribution in [-0.4, -0.2) is 31.3 Å². The van der Waals surface area contributed by atoms with Gasteiger partial charge in [-0.2, -0.15) is 0 Å². The molecule has 2 aromatic rings. The number of carboxylic acid groups (broad SMARTS) is 1. The Morgan fingerprint density at radius 3 is 2.72 bits per heavy atom. The Morgan fingerprint density at radius 2 is 2.06 bits per heavy atom. The number of rotatable bonds is 5. The summed E-state index contributed by atoms with van der Waals surface area (Å²) < 4.78 is 2.77. The van der Waals surface area contributed by atoms with Crippen LogP contribution in [-0.2, 0) is 11.3 Å². The molecule has 7 heteroatoms. The van der Waals surface area contributed by atoms with Crippen molar-refractivity contribution in [2.45, 2.75) is 19.4 Å². The molecule has 94 valence electrons. The van der Waals surface area contributed by atoms with E-state index in [0.29, 0.717) is 18.8 Å². The van der Waals surface area contributed by atoms with Gasteiger partial charge in [-0.05, 0) is 51.6 Å². The van der Waals surface area contributed by atoms with Crippen LogP contribution in [0.5, 0.6) is 0 Å². The summed E-state index contributed by atoms with van der Waals surface area (Å²) in [6.45, 7) is 0.501. The Kier molecular flexibility index (Phi) is 4.24. The van der Waals surface area contributed by atoms with Crippen molar-refractivity contribution in [3.05, 3.63) is 27.8 Å². The number of benzene rings is 1. The molecule has 0 spiro atoms. The number of aryl methyl sites for hydroxylation is 1. The summed E-state index contributed by atoms with van der Waals surface area (Å²) in [6.07, 6.45) is 0.629. The van der Waals surface area contributed by atoms with Gasteiger partial charge in [-0.25, -0.2) is 4.68 Å². The van der Waals surface area contributed by atoms with Crippen molar-refractivity contribution in [1.82, 2.24) is 20.2 Å². The first-order chi connectivity index (χ1) is 8.66. The number of halogens is 1. The predicted molar refractivity (Wildman–Crippen MR) is 72.8 cm³/mol. The van der Waals surface area contributed by atoms with E-state index in [1.165, 1.54) is 0 Å². The fourth-order valence-corrected chi connectivity index (χ4v) is 1.90. The number of aromatic nitrogens is 4. The van der Waals surface area contributed by atoms with Gasteiger partial charge in [0.15, 0.2) is 5.82 Å². The first-order valence-electron chi connectivity index (χ1n) is 5.41. The molecule has 0 unspecified atom stereocenters. The van der Waals surface area contributed by atoms with Gasteiger partial charge in [0.1, 0.15) is 0 Å². The molecule has 1 aromatic heterocycles. The first-order valence-corrected chi connectivity index (χ1v) is 6.48. The molecule has 1 N–H and O–H groups in total. The lowest BCUT2D eigenvalue weighted by molar-refractivity contribution is -0.137. The van der Waals surface area contributed by atoms with Gasteiger partial charge in [0.05, 0.1) is 0 Å². The highest BCUT2D eigenvalue weighted by molar-refractivity contribution is 14.1. The average Bonchev–Trinajstić information content (AvgIpc) is 2.78. The third kappa shape index (κ3) is 3.25. The number of tetrazole rings is 1. The second kappa shape index (κ2) is 5.89. The maximum Gasteiger partial charge on any atom is 0.303 e. The van der Waals surface area contributed by atoms with Crippen molar-refractivity contribution < 1.29 is 9.90 Å². The van der Waals surface area contributed by atoms with Crippen molar-refractivity contribution in [3.8, 4) is 11.4 Å². The van der Waals surface area contributed by atoms with Crippen LogP contribution in [0.15, 0.2) is 24.3 Å². The molecule has 0 aliphatic carbocycles. The minimum Gasteiger partial charge on any atom is -0.481 e. The second-order valence-electron chi connectivity index (χ2n) is 3.73. The van der Waals surface area contributed by atoms with Crippen LogP contribution in [0.1, 0.15) is 12.8 Å². The molecule has 1 aromatic carbocycles. The van der Waals surface area contributed by atoms with E-state index in [1.807, 2.05) is 24.3 Å². The minimum absolute atomic E-state index is 0.117. The van der Waals surface area contributed by atoms with E-state index >= 15 is 0 Å². The summed E-state index contributed by atoms with van der Waals surface area (Å²) in [7, 11) is 0. The number of hydrogen-bond acceptors (Lipinski definition) is 4. The van der Waals surface area contributed by atoms with Crippen LogP contribution in [0.4, 0.5) is 0 Å². The third-order valence-electron chi connectivity index (χ3n) is 2.39. The second-order valence-corrected chi connectivity index (χ2v) is 4.98. The van der Waals surface area contributed by atoms with Gasteiger partial charge in [-0.3, -0.25) is 4.79 Å². The fraction of sp³-hybridized carbons (Fsp3) is 0.273. The summed E-state index contributed by atoms with van der Waals surface area (Å²) in [6, 6.07) is 7.85. The molecule has 1 heterocycles. The van der Waals surface area contributed by atoms with Gasteiger partial charge in [-0.1, -0.05) is 12.1 Å². The zero-order chi connectivity index (χ0) is 13.0. The average molecular weight is 358 g/mol. The van der Waals surface area contributed by atoms with E-state index in [1.54, 1.807) is 4.68 Å². The highest BCUT2D eigenvalue weighted by atomic mass is 127. The number of hydrogen-bond donors (Lipinski definition) is 1. The smallest absolute Gasteiger partial charge is 0.303 e. The molecule has 18 heavy (non-hydrogen) atoms. The lowest BCUT2D eigenvalue weighted by Gasteiger charge is -2.03. The van der Waals surface area contributed by atoms with Gasteiger partial charge in [0.2, 0.25) is 0 Å². The van der Waals surface area contributed by atoms with Gasteiger partial charge in [-0.15, -0.1) is 5.10 Å². The van der Waals surface area contributed by atoms with Crippen molar-refractivity contribution in [1.29, 1.82) is 0 Å². The zero-order valence-electron chi connectivity index (χ0n) is 9.45. The van der Waals surface area contributed by atoms with Gasteiger partial charge in [0, 0.05) is 22.1 Å². The maximum atomic E-state index is 10.5. The lowest BCUT2D eigenvalue weighted by atomic mass is 10.2. The van der Waals surface area contributed by atoms with Crippen molar-refractivity contribution in [2.75, 3.05) is 0 Å². The molecule has 0 aliphatic heterocycles. The summed E-state index contributed by atoms with van der Waals surface area (Å²) in [5, 5.41) is 20.1. The lowest BCUT2D eigenvalue weighted by Crippen LogP contribution is -2.05. The summed E-state index contributed by atoms with van der Waals surface area (Å²) in [5.41, 5.74) is 0.927. The van der Waals surface area contributed by atoms with Gasteiger partial charge < -0.3 is 5.11 Å². The standard InChI is InChI=1S/C11H11IN4O2/c12-9-5-3-8(4-6-9)11-13-14-15-16(11)7-1-2-10(17)18/h3-6H,1-2,7H2,(H,17,18). The summed E-state index contributed by atoms with van der Waals surface area (Å²) in [5.74, 6) is -0.143. The topological polar surface area (TPSA) is 80.9 Å². The number of nitrogens with zero attached hydrogens (tertiary/aromatic N) is 4. The Hall–Kier alpha value is -1.51. The normalized spacial score (nSPS) is 10.5. The molecule has 0 saturated heterocycles. The fourth-order valence-electron chi connectivity index (χ4n) is 1.54. The van der Waals surface area contributed by atoms with Gasteiger partial charge >= 0.3 is 5.97 Å². The monoisotopic (exact) mass is 358 g/mol. The van der Waals surface area contributed by atoms with Crippen molar-refractivity contribution in [3.63, 3.8) is 0 Å². The van der Waals surface area contributed by atoms with E-state index in [4.69, 9.17) is 5.11 Å². The Morgan fingerprint density at radius 1 is 1.33 bits per heavy atom. The Labute approximate surface area is 117 Å². The first kappa shape index (κ1) is 12.9. The molecule has 0 aliphatic rings. The summed E-state index contributed by atoms with van der Waals surface area (Å²) >= 11 is 2.23. The number of aliphatic carboxylic acids is 1. The number of carbonyl (C=O) groups is 1. The Bertz CT molecular complexity index is 538. The molecule has 0 fully saturated rings.